The smallest absolute Gasteiger partial charge is 0.163 e. The third-order valence-corrected chi connectivity index (χ3v) is 4.43. The first-order valence-electron chi connectivity index (χ1n) is 7.84. The average molecular weight is 311 g/mol. The number of ether oxygens (including phenoxy) is 2. The van der Waals surface area contributed by atoms with Crippen molar-refractivity contribution in [3.8, 4) is 11.5 Å². The average Bonchev–Trinajstić information content (AvgIpc) is 2.50. The van der Waals surface area contributed by atoms with Gasteiger partial charge >= 0.3 is 0 Å². The van der Waals surface area contributed by atoms with Crippen molar-refractivity contribution in [3.63, 3.8) is 0 Å². The quantitative estimate of drug-likeness (QED) is 0.924. The van der Waals surface area contributed by atoms with Gasteiger partial charge in [-0.1, -0.05) is 18.5 Å². The molecule has 1 N–H and O–H groups in total. The number of benzene rings is 1. The number of nitrogens with one attached hydrogen (secondary N) is 1. The van der Waals surface area contributed by atoms with E-state index < -0.39 is 0 Å². The van der Waals surface area contributed by atoms with Gasteiger partial charge in [0.15, 0.2) is 11.5 Å². The van der Waals surface area contributed by atoms with Gasteiger partial charge < -0.3 is 19.7 Å². The number of hydrogen-bond donors (Lipinski definition) is 1. The third-order valence-electron chi connectivity index (χ3n) is 4.12. The maximum Gasteiger partial charge on any atom is 0.163 e. The summed E-state index contributed by atoms with van der Waals surface area (Å²) in [4.78, 5) is 2.53. The second-order valence-electron chi connectivity index (χ2n) is 5.74. The molecule has 0 aliphatic carbocycles. The van der Waals surface area contributed by atoms with Crippen LogP contribution in [-0.2, 0) is 0 Å². The molecule has 4 nitrogen and oxygen atoms in total. The van der Waals surface area contributed by atoms with Gasteiger partial charge in [0.05, 0.1) is 10.7 Å². The standard InChI is InChI=1S/C16H23ClN2O2/c1-2-5-19-6-3-12(4-7-19)18-14-11-16-15(10-13(14)17)20-8-9-21-16/h10-12,18H,2-9H2,1H3. The molecule has 0 aromatic heterocycles. The summed E-state index contributed by atoms with van der Waals surface area (Å²) in [6.07, 6.45) is 3.54. The Balaban J connectivity index is 1.63. The fourth-order valence-corrected chi connectivity index (χ4v) is 3.22. The van der Waals surface area contributed by atoms with E-state index in [9.17, 15) is 0 Å². The highest BCUT2D eigenvalue weighted by Gasteiger charge is 2.21. The van der Waals surface area contributed by atoms with Crippen LogP contribution < -0.4 is 14.8 Å². The van der Waals surface area contributed by atoms with Crippen LogP contribution in [0, 0.1) is 0 Å². The number of nitrogens with zero attached hydrogens (tertiary/aromatic N) is 1. The monoisotopic (exact) mass is 310 g/mol. The van der Waals surface area contributed by atoms with Crippen LogP contribution in [0.25, 0.3) is 0 Å². The van der Waals surface area contributed by atoms with Crippen LogP contribution in [0.4, 0.5) is 5.69 Å². The molecular weight excluding hydrogens is 288 g/mol. The first-order chi connectivity index (χ1) is 10.3. The van der Waals surface area contributed by atoms with Crippen LogP contribution in [0.15, 0.2) is 12.1 Å². The number of piperidine rings is 1. The van der Waals surface area contributed by atoms with Crippen molar-refractivity contribution < 1.29 is 9.47 Å². The summed E-state index contributed by atoms with van der Waals surface area (Å²) in [6.45, 7) is 6.95. The summed E-state index contributed by atoms with van der Waals surface area (Å²) in [6, 6.07) is 4.30. The molecule has 2 aliphatic heterocycles. The molecule has 2 aliphatic rings. The van der Waals surface area contributed by atoms with Crippen LogP contribution in [-0.4, -0.2) is 43.8 Å². The molecule has 2 heterocycles. The van der Waals surface area contributed by atoms with E-state index in [1.807, 2.05) is 12.1 Å². The van der Waals surface area contributed by atoms with Gasteiger partial charge in [-0.25, -0.2) is 0 Å². The van der Waals surface area contributed by atoms with Crippen molar-refractivity contribution in [2.45, 2.75) is 32.2 Å². The summed E-state index contributed by atoms with van der Waals surface area (Å²) in [5, 5.41) is 4.27. The Morgan fingerprint density at radius 3 is 2.52 bits per heavy atom. The summed E-state index contributed by atoms with van der Waals surface area (Å²) < 4.78 is 11.2. The Kier molecular flexibility index (Phi) is 4.76. The molecule has 21 heavy (non-hydrogen) atoms. The second kappa shape index (κ2) is 6.75. The van der Waals surface area contributed by atoms with Gasteiger partial charge in [0.1, 0.15) is 13.2 Å². The maximum atomic E-state index is 6.35. The summed E-state index contributed by atoms with van der Waals surface area (Å²) in [7, 11) is 0. The zero-order valence-electron chi connectivity index (χ0n) is 12.5. The molecule has 0 atom stereocenters. The van der Waals surface area contributed by atoms with Crippen LogP contribution in [0.2, 0.25) is 5.02 Å². The molecule has 1 saturated heterocycles. The Labute approximate surface area is 131 Å². The third kappa shape index (κ3) is 3.55. The first kappa shape index (κ1) is 14.8. The van der Waals surface area contributed by atoms with Crippen LogP contribution in [0.1, 0.15) is 26.2 Å². The van der Waals surface area contributed by atoms with Crippen LogP contribution >= 0.6 is 11.6 Å². The number of anilines is 1. The SMILES string of the molecule is CCCN1CCC(Nc2cc3c(cc2Cl)OCCO3)CC1. The van der Waals surface area contributed by atoms with Crippen molar-refractivity contribution in [2.75, 3.05) is 38.2 Å². The lowest BCUT2D eigenvalue weighted by molar-refractivity contribution is 0.171. The summed E-state index contributed by atoms with van der Waals surface area (Å²) in [5.41, 5.74) is 0.954. The zero-order valence-corrected chi connectivity index (χ0v) is 13.3. The first-order valence-corrected chi connectivity index (χ1v) is 8.22. The molecule has 0 bridgehead atoms. The molecule has 1 aromatic carbocycles. The Morgan fingerprint density at radius 1 is 1.19 bits per heavy atom. The van der Waals surface area contributed by atoms with Gasteiger partial charge in [0.2, 0.25) is 0 Å². The highest BCUT2D eigenvalue weighted by molar-refractivity contribution is 6.33. The second-order valence-corrected chi connectivity index (χ2v) is 6.14. The number of hydrogen-bond acceptors (Lipinski definition) is 4. The predicted octanol–water partition coefficient (Wildman–Crippen LogP) is 3.40. The molecular formula is C16H23ClN2O2. The minimum Gasteiger partial charge on any atom is -0.486 e. The number of halogens is 1. The van der Waals surface area contributed by atoms with Gasteiger partial charge in [0.25, 0.3) is 0 Å². The minimum absolute atomic E-state index is 0.484. The van der Waals surface area contributed by atoms with Gasteiger partial charge in [-0.15, -0.1) is 0 Å². The van der Waals surface area contributed by atoms with E-state index in [2.05, 4.69) is 17.1 Å². The van der Waals surface area contributed by atoms with E-state index in [0.29, 0.717) is 24.3 Å². The van der Waals surface area contributed by atoms with Crippen molar-refractivity contribution in [2.24, 2.45) is 0 Å². The number of fused-ring (bicyclic) bond motifs is 1. The molecule has 0 radical (unpaired) electrons. The van der Waals surface area contributed by atoms with E-state index in [-0.39, 0.29) is 0 Å². The van der Waals surface area contributed by atoms with E-state index in [4.69, 9.17) is 21.1 Å². The fourth-order valence-electron chi connectivity index (χ4n) is 3.01. The number of rotatable bonds is 4. The highest BCUT2D eigenvalue weighted by Crippen LogP contribution is 2.38. The van der Waals surface area contributed by atoms with E-state index in [1.54, 1.807) is 0 Å². The lowest BCUT2D eigenvalue weighted by atomic mass is 10.0. The Bertz CT molecular complexity index is 487. The topological polar surface area (TPSA) is 33.7 Å². The van der Waals surface area contributed by atoms with Gasteiger partial charge in [0, 0.05) is 31.3 Å². The maximum absolute atomic E-state index is 6.35. The van der Waals surface area contributed by atoms with Crippen molar-refractivity contribution >= 4 is 17.3 Å². The van der Waals surface area contributed by atoms with Crippen molar-refractivity contribution in [1.82, 2.24) is 4.90 Å². The van der Waals surface area contributed by atoms with E-state index in [1.165, 1.54) is 13.0 Å². The summed E-state index contributed by atoms with van der Waals surface area (Å²) in [5.74, 6) is 1.53. The molecule has 5 heteroatoms. The van der Waals surface area contributed by atoms with Crippen molar-refractivity contribution in [1.29, 1.82) is 0 Å². The molecule has 1 aromatic rings. The van der Waals surface area contributed by atoms with Crippen LogP contribution in [0.3, 0.4) is 0 Å². The predicted molar refractivity (Wildman–Crippen MR) is 85.8 cm³/mol. The molecule has 3 rings (SSSR count). The zero-order chi connectivity index (χ0) is 14.7. The molecule has 0 unspecified atom stereocenters. The summed E-state index contributed by atoms with van der Waals surface area (Å²) >= 11 is 6.35. The molecule has 0 amide bonds. The molecule has 0 spiro atoms. The largest absolute Gasteiger partial charge is 0.486 e. The Hall–Kier alpha value is -1.13. The number of likely N-dealkylation sites (tertiary alicyclic amines) is 1. The van der Waals surface area contributed by atoms with E-state index in [0.717, 1.165) is 43.1 Å². The molecule has 1 fully saturated rings. The lowest BCUT2D eigenvalue weighted by Crippen LogP contribution is -2.39. The van der Waals surface area contributed by atoms with Crippen LogP contribution in [0.5, 0.6) is 11.5 Å². The normalized spacial score (nSPS) is 19.5. The van der Waals surface area contributed by atoms with Gasteiger partial charge in [-0.2, -0.15) is 0 Å². The minimum atomic E-state index is 0.484. The fraction of sp³-hybridized carbons (Fsp3) is 0.625. The van der Waals surface area contributed by atoms with Gasteiger partial charge in [-0.05, 0) is 25.8 Å². The Morgan fingerprint density at radius 2 is 1.86 bits per heavy atom. The van der Waals surface area contributed by atoms with E-state index >= 15 is 0 Å². The van der Waals surface area contributed by atoms with Crippen molar-refractivity contribution in [3.05, 3.63) is 17.2 Å². The molecule has 116 valence electrons. The molecule has 0 saturated carbocycles. The highest BCUT2D eigenvalue weighted by atomic mass is 35.5. The lowest BCUT2D eigenvalue weighted by Gasteiger charge is -2.33. The van der Waals surface area contributed by atoms with Gasteiger partial charge in [-0.3, -0.25) is 0 Å².